The van der Waals surface area contributed by atoms with Gasteiger partial charge in [-0.2, -0.15) is 0 Å². The highest BCUT2D eigenvalue weighted by Crippen LogP contribution is 2.25. The van der Waals surface area contributed by atoms with Crippen LogP contribution in [-0.2, 0) is 4.79 Å². The summed E-state index contributed by atoms with van der Waals surface area (Å²) in [4.78, 5) is 14.3. The zero-order valence-corrected chi connectivity index (χ0v) is 12.5. The zero-order chi connectivity index (χ0) is 13.5. The van der Waals surface area contributed by atoms with E-state index in [4.69, 9.17) is 0 Å². The number of carbonyl (C=O) groups excluding carboxylic acids is 1. The maximum Gasteiger partial charge on any atom is 0.239 e. The average molecular weight is 266 g/mol. The summed E-state index contributed by atoms with van der Waals surface area (Å²) in [6, 6.07) is 0.00157. The van der Waals surface area contributed by atoms with Crippen LogP contribution in [0, 0.1) is 5.92 Å². The maximum atomic E-state index is 12.2. The molecule has 0 spiro atoms. The van der Waals surface area contributed by atoms with E-state index in [1.807, 2.05) is 11.8 Å². The van der Waals surface area contributed by atoms with Gasteiger partial charge in [-0.15, -0.1) is 0 Å². The smallest absolute Gasteiger partial charge is 0.239 e. The predicted molar refractivity (Wildman–Crippen MR) is 79.1 cm³/mol. The van der Waals surface area contributed by atoms with Gasteiger partial charge in [0.05, 0.1) is 6.04 Å². The maximum absolute atomic E-state index is 12.2. The molecule has 2 fully saturated rings. The Bertz CT molecular complexity index is 268. The first-order chi connectivity index (χ1) is 9.27. The highest BCUT2D eigenvalue weighted by molar-refractivity contribution is 5.81. The van der Waals surface area contributed by atoms with Gasteiger partial charge in [-0.1, -0.05) is 32.1 Å². The molecule has 1 unspecified atom stereocenters. The van der Waals surface area contributed by atoms with Gasteiger partial charge < -0.3 is 10.2 Å². The van der Waals surface area contributed by atoms with Crippen molar-refractivity contribution in [3.8, 4) is 0 Å². The minimum absolute atomic E-state index is 0.00157. The molecule has 3 heteroatoms. The average Bonchev–Trinajstić information content (AvgIpc) is 2.48. The Morgan fingerprint density at radius 1 is 1.11 bits per heavy atom. The first-order valence-corrected chi connectivity index (χ1v) is 8.29. The van der Waals surface area contributed by atoms with Crippen molar-refractivity contribution in [3.05, 3.63) is 0 Å². The van der Waals surface area contributed by atoms with Crippen LogP contribution in [0.15, 0.2) is 0 Å². The van der Waals surface area contributed by atoms with E-state index in [-0.39, 0.29) is 6.04 Å². The molecule has 0 radical (unpaired) electrons. The Morgan fingerprint density at radius 2 is 1.74 bits per heavy atom. The lowest BCUT2D eigenvalue weighted by Gasteiger charge is -2.30. The van der Waals surface area contributed by atoms with Gasteiger partial charge in [-0.3, -0.25) is 4.79 Å². The predicted octanol–water partition coefficient (Wildman–Crippen LogP) is 2.95. The molecule has 2 aliphatic rings. The van der Waals surface area contributed by atoms with Crippen LogP contribution in [0.1, 0.15) is 64.7 Å². The second-order valence-corrected chi connectivity index (χ2v) is 6.35. The van der Waals surface area contributed by atoms with E-state index in [2.05, 4.69) is 5.32 Å². The third-order valence-electron chi connectivity index (χ3n) is 4.77. The van der Waals surface area contributed by atoms with Gasteiger partial charge in [0.2, 0.25) is 5.91 Å². The molecule has 19 heavy (non-hydrogen) atoms. The highest BCUT2D eigenvalue weighted by Gasteiger charge is 2.22. The minimum Gasteiger partial charge on any atom is -0.341 e. The van der Waals surface area contributed by atoms with Gasteiger partial charge in [0.15, 0.2) is 0 Å². The first kappa shape index (κ1) is 14.8. The molecule has 1 saturated carbocycles. The Labute approximate surface area is 118 Å². The molecule has 3 nitrogen and oxygen atoms in total. The number of hydrogen-bond acceptors (Lipinski definition) is 2. The molecule has 1 saturated heterocycles. The lowest BCUT2D eigenvalue weighted by atomic mass is 9.87. The van der Waals surface area contributed by atoms with Crippen LogP contribution in [0.4, 0.5) is 0 Å². The van der Waals surface area contributed by atoms with Crippen LogP contribution >= 0.6 is 0 Å². The van der Waals surface area contributed by atoms with Crippen LogP contribution in [0.3, 0.4) is 0 Å². The number of hydrogen-bond donors (Lipinski definition) is 1. The van der Waals surface area contributed by atoms with E-state index in [1.54, 1.807) is 0 Å². The van der Waals surface area contributed by atoms with Crippen LogP contribution in [0.2, 0.25) is 0 Å². The van der Waals surface area contributed by atoms with Crippen molar-refractivity contribution in [2.24, 2.45) is 5.92 Å². The topological polar surface area (TPSA) is 32.3 Å². The van der Waals surface area contributed by atoms with Crippen molar-refractivity contribution in [2.45, 2.75) is 70.8 Å². The van der Waals surface area contributed by atoms with Crippen molar-refractivity contribution in [1.82, 2.24) is 10.2 Å². The van der Waals surface area contributed by atoms with E-state index < -0.39 is 0 Å². The lowest BCUT2D eigenvalue weighted by molar-refractivity contribution is -0.133. The van der Waals surface area contributed by atoms with E-state index in [9.17, 15) is 4.79 Å². The number of amides is 1. The van der Waals surface area contributed by atoms with Gasteiger partial charge in [-0.25, -0.2) is 0 Å². The van der Waals surface area contributed by atoms with Crippen molar-refractivity contribution in [3.63, 3.8) is 0 Å². The van der Waals surface area contributed by atoms with Gasteiger partial charge in [-0.05, 0) is 45.1 Å². The number of carbonyl (C=O) groups is 1. The molecule has 0 bridgehead atoms. The molecule has 2 rings (SSSR count). The Hall–Kier alpha value is -0.570. The summed E-state index contributed by atoms with van der Waals surface area (Å²) in [6.07, 6.45) is 11.9. The third-order valence-corrected chi connectivity index (χ3v) is 4.77. The Morgan fingerprint density at radius 3 is 2.42 bits per heavy atom. The number of likely N-dealkylation sites (tertiary alicyclic amines) is 1. The zero-order valence-electron chi connectivity index (χ0n) is 12.5. The molecule has 110 valence electrons. The van der Waals surface area contributed by atoms with Crippen molar-refractivity contribution in [1.29, 1.82) is 0 Å². The van der Waals surface area contributed by atoms with Gasteiger partial charge in [0.25, 0.3) is 0 Å². The van der Waals surface area contributed by atoms with E-state index in [1.165, 1.54) is 57.8 Å². The molecule has 0 aromatic rings. The summed E-state index contributed by atoms with van der Waals surface area (Å²) in [6.45, 7) is 4.96. The van der Waals surface area contributed by atoms with Crippen molar-refractivity contribution >= 4 is 5.91 Å². The van der Waals surface area contributed by atoms with Crippen LogP contribution in [-0.4, -0.2) is 36.5 Å². The number of rotatable bonds is 5. The van der Waals surface area contributed by atoms with Gasteiger partial charge in [0.1, 0.15) is 0 Å². The molecule has 1 amide bonds. The fraction of sp³-hybridized carbons (Fsp3) is 0.938. The van der Waals surface area contributed by atoms with Crippen LogP contribution in [0.25, 0.3) is 0 Å². The Balaban J connectivity index is 1.62. The number of piperidine rings is 1. The summed E-state index contributed by atoms with van der Waals surface area (Å²) in [5.74, 6) is 1.21. The van der Waals surface area contributed by atoms with E-state index >= 15 is 0 Å². The molecule has 0 aromatic carbocycles. The molecule has 1 aliphatic heterocycles. The normalized spacial score (nSPS) is 23.3. The quantitative estimate of drug-likeness (QED) is 0.830. The van der Waals surface area contributed by atoms with Gasteiger partial charge >= 0.3 is 0 Å². The molecule has 1 aliphatic carbocycles. The molecule has 0 aromatic heterocycles. The van der Waals surface area contributed by atoms with Crippen LogP contribution < -0.4 is 5.32 Å². The molecule has 1 heterocycles. The van der Waals surface area contributed by atoms with Crippen molar-refractivity contribution < 1.29 is 4.79 Å². The molecular weight excluding hydrogens is 236 g/mol. The minimum atomic E-state index is 0.00157. The molecule has 1 N–H and O–H groups in total. The summed E-state index contributed by atoms with van der Waals surface area (Å²) >= 11 is 0. The number of nitrogens with one attached hydrogen (secondary N) is 1. The highest BCUT2D eigenvalue weighted by atomic mass is 16.2. The third kappa shape index (κ3) is 4.79. The summed E-state index contributed by atoms with van der Waals surface area (Å²) in [5, 5.41) is 3.44. The fourth-order valence-corrected chi connectivity index (χ4v) is 3.46. The van der Waals surface area contributed by atoms with E-state index in [0.29, 0.717) is 5.91 Å². The van der Waals surface area contributed by atoms with Crippen molar-refractivity contribution in [2.75, 3.05) is 19.6 Å². The molecule has 1 atom stereocenters. The SMILES string of the molecule is CC(NCCC1CCCCC1)C(=O)N1CCCCC1. The summed E-state index contributed by atoms with van der Waals surface area (Å²) < 4.78 is 0. The summed E-state index contributed by atoms with van der Waals surface area (Å²) in [5.41, 5.74) is 0. The monoisotopic (exact) mass is 266 g/mol. The second-order valence-electron chi connectivity index (χ2n) is 6.35. The fourth-order valence-electron chi connectivity index (χ4n) is 3.46. The second kappa shape index (κ2) is 7.88. The van der Waals surface area contributed by atoms with Crippen LogP contribution in [0.5, 0.6) is 0 Å². The lowest BCUT2D eigenvalue weighted by Crippen LogP contribution is -2.47. The first-order valence-electron chi connectivity index (χ1n) is 8.29. The van der Waals surface area contributed by atoms with Gasteiger partial charge in [0, 0.05) is 13.1 Å². The largest absolute Gasteiger partial charge is 0.341 e. The standard InChI is InChI=1S/C16H30N2O/c1-14(16(19)18-12-6-3-7-13-18)17-11-10-15-8-4-2-5-9-15/h14-15,17H,2-13H2,1H3. The Kier molecular flexibility index (Phi) is 6.15. The summed E-state index contributed by atoms with van der Waals surface area (Å²) in [7, 11) is 0. The van der Waals surface area contributed by atoms with E-state index in [0.717, 1.165) is 25.6 Å². The number of nitrogens with zero attached hydrogens (tertiary/aromatic N) is 1. The molecular formula is C16H30N2O.